The van der Waals surface area contributed by atoms with Gasteiger partial charge in [-0.1, -0.05) is 18.2 Å². The highest BCUT2D eigenvalue weighted by Gasteiger charge is 2.15. The Bertz CT molecular complexity index is 632. The van der Waals surface area contributed by atoms with Gasteiger partial charge in [0.25, 0.3) is 0 Å². The SMILES string of the molecule is Cc1cccc(C)c1NC(=O)Cn1cc2c(n1)CCOC2. The highest BCUT2D eigenvalue weighted by atomic mass is 16.5. The number of hydrogen-bond acceptors (Lipinski definition) is 3. The highest BCUT2D eigenvalue weighted by molar-refractivity contribution is 5.92. The Balaban J connectivity index is 1.70. The van der Waals surface area contributed by atoms with E-state index >= 15 is 0 Å². The van der Waals surface area contributed by atoms with E-state index in [1.807, 2.05) is 38.2 Å². The first kappa shape index (κ1) is 13.8. The second-order valence-corrected chi connectivity index (χ2v) is 5.42. The zero-order valence-corrected chi connectivity index (χ0v) is 12.3. The normalized spacial score (nSPS) is 13.8. The van der Waals surface area contributed by atoms with Crippen molar-refractivity contribution >= 4 is 11.6 Å². The number of nitrogens with one attached hydrogen (secondary N) is 1. The molecular weight excluding hydrogens is 266 g/mol. The van der Waals surface area contributed by atoms with Crippen molar-refractivity contribution in [2.75, 3.05) is 11.9 Å². The van der Waals surface area contributed by atoms with Gasteiger partial charge in [-0.3, -0.25) is 9.48 Å². The number of fused-ring (bicyclic) bond motifs is 1. The molecule has 110 valence electrons. The first-order valence-corrected chi connectivity index (χ1v) is 7.12. The molecule has 0 spiro atoms. The maximum Gasteiger partial charge on any atom is 0.246 e. The van der Waals surface area contributed by atoms with Gasteiger partial charge in [-0.05, 0) is 25.0 Å². The average molecular weight is 285 g/mol. The monoisotopic (exact) mass is 285 g/mol. The van der Waals surface area contributed by atoms with Gasteiger partial charge in [-0.25, -0.2) is 0 Å². The molecule has 1 aliphatic heterocycles. The number of amides is 1. The van der Waals surface area contributed by atoms with Gasteiger partial charge in [0.2, 0.25) is 5.91 Å². The van der Waals surface area contributed by atoms with Crippen molar-refractivity contribution in [2.24, 2.45) is 0 Å². The lowest BCUT2D eigenvalue weighted by Gasteiger charge is -2.11. The van der Waals surface area contributed by atoms with Crippen molar-refractivity contribution in [3.8, 4) is 0 Å². The number of rotatable bonds is 3. The first-order chi connectivity index (χ1) is 10.1. The molecule has 3 rings (SSSR count). The summed E-state index contributed by atoms with van der Waals surface area (Å²) in [7, 11) is 0. The minimum atomic E-state index is -0.0619. The summed E-state index contributed by atoms with van der Waals surface area (Å²) in [5.74, 6) is -0.0619. The third-order valence-electron chi connectivity index (χ3n) is 3.72. The van der Waals surface area contributed by atoms with Crippen LogP contribution in [-0.2, 0) is 29.1 Å². The van der Waals surface area contributed by atoms with Crippen molar-refractivity contribution < 1.29 is 9.53 Å². The maximum atomic E-state index is 12.2. The number of aromatic nitrogens is 2. The van der Waals surface area contributed by atoms with E-state index in [0.717, 1.165) is 34.5 Å². The molecule has 1 amide bonds. The van der Waals surface area contributed by atoms with Gasteiger partial charge in [-0.15, -0.1) is 0 Å². The van der Waals surface area contributed by atoms with Crippen molar-refractivity contribution in [3.05, 3.63) is 46.8 Å². The minimum Gasteiger partial charge on any atom is -0.376 e. The molecule has 1 aromatic heterocycles. The summed E-state index contributed by atoms with van der Waals surface area (Å²) in [5, 5.41) is 7.43. The number of anilines is 1. The number of carbonyl (C=O) groups is 1. The van der Waals surface area contributed by atoms with Crippen LogP contribution in [0.25, 0.3) is 0 Å². The molecule has 0 unspecified atom stereocenters. The summed E-state index contributed by atoms with van der Waals surface area (Å²) in [4.78, 5) is 12.2. The summed E-state index contributed by atoms with van der Waals surface area (Å²) < 4.78 is 7.08. The van der Waals surface area contributed by atoms with E-state index in [9.17, 15) is 4.79 Å². The number of hydrogen-bond donors (Lipinski definition) is 1. The number of benzene rings is 1. The predicted molar refractivity (Wildman–Crippen MR) is 80.1 cm³/mol. The van der Waals surface area contributed by atoms with E-state index in [4.69, 9.17) is 4.74 Å². The quantitative estimate of drug-likeness (QED) is 0.940. The van der Waals surface area contributed by atoms with E-state index < -0.39 is 0 Å². The molecule has 21 heavy (non-hydrogen) atoms. The van der Waals surface area contributed by atoms with Crippen molar-refractivity contribution in [1.29, 1.82) is 0 Å². The first-order valence-electron chi connectivity index (χ1n) is 7.12. The number of carbonyl (C=O) groups excluding carboxylic acids is 1. The van der Waals surface area contributed by atoms with Gasteiger partial charge in [0.1, 0.15) is 6.54 Å². The van der Waals surface area contributed by atoms with Gasteiger partial charge in [0, 0.05) is 23.9 Å². The van der Waals surface area contributed by atoms with Crippen LogP contribution in [0.1, 0.15) is 22.4 Å². The van der Waals surface area contributed by atoms with E-state index in [1.54, 1.807) is 4.68 Å². The molecule has 5 nitrogen and oxygen atoms in total. The molecule has 2 heterocycles. The number of ether oxygens (including phenoxy) is 1. The Morgan fingerprint density at radius 2 is 2.14 bits per heavy atom. The van der Waals surface area contributed by atoms with Crippen LogP contribution < -0.4 is 5.32 Å². The highest BCUT2D eigenvalue weighted by Crippen LogP contribution is 2.19. The molecule has 0 saturated heterocycles. The predicted octanol–water partition coefficient (Wildman–Crippen LogP) is 2.21. The van der Waals surface area contributed by atoms with E-state index in [1.165, 1.54) is 0 Å². The molecule has 2 aromatic rings. The van der Waals surface area contributed by atoms with Crippen molar-refractivity contribution in [2.45, 2.75) is 33.4 Å². The molecule has 1 aliphatic rings. The van der Waals surface area contributed by atoms with Crippen LogP contribution in [0.3, 0.4) is 0 Å². The minimum absolute atomic E-state index is 0.0619. The van der Waals surface area contributed by atoms with Crippen molar-refractivity contribution in [1.82, 2.24) is 9.78 Å². The molecule has 0 bridgehead atoms. The number of aryl methyl sites for hydroxylation is 2. The summed E-state index contributed by atoms with van der Waals surface area (Å²) >= 11 is 0. The lowest BCUT2D eigenvalue weighted by atomic mass is 10.1. The largest absolute Gasteiger partial charge is 0.376 e. The lowest BCUT2D eigenvalue weighted by Crippen LogP contribution is -2.20. The smallest absolute Gasteiger partial charge is 0.246 e. The lowest BCUT2D eigenvalue weighted by molar-refractivity contribution is -0.116. The van der Waals surface area contributed by atoms with Crippen LogP contribution >= 0.6 is 0 Å². The van der Waals surface area contributed by atoms with Gasteiger partial charge < -0.3 is 10.1 Å². The molecule has 1 aromatic carbocycles. The van der Waals surface area contributed by atoms with E-state index in [2.05, 4.69) is 10.4 Å². The Morgan fingerprint density at radius 3 is 2.86 bits per heavy atom. The maximum absolute atomic E-state index is 12.2. The fraction of sp³-hybridized carbons (Fsp3) is 0.375. The van der Waals surface area contributed by atoms with E-state index in [0.29, 0.717) is 13.2 Å². The van der Waals surface area contributed by atoms with Crippen LogP contribution in [0.15, 0.2) is 24.4 Å². The van der Waals surface area contributed by atoms with E-state index in [-0.39, 0.29) is 12.5 Å². The third-order valence-corrected chi connectivity index (χ3v) is 3.72. The van der Waals surface area contributed by atoms with Gasteiger partial charge in [-0.2, -0.15) is 5.10 Å². The molecule has 1 N–H and O–H groups in total. The Labute approximate surface area is 123 Å². The zero-order chi connectivity index (χ0) is 14.8. The van der Waals surface area contributed by atoms with Crippen molar-refractivity contribution in [3.63, 3.8) is 0 Å². The van der Waals surface area contributed by atoms with Gasteiger partial charge in [0.15, 0.2) is 0 Å². The van der Waals surface area contributed by atoms with Crippen LogP contribution in [0.2, 0.25) is 0 Å². The summed E-state index contributed by atoms with van der Waals surface area (Å²) in [5.41, 5.74) is 5.15. The Hall–Kier alpha value is -2.14. The summed E-state index contributed by atoms with van der Waals surface area (Å²) in [6.07, 6.45) is 2.72. The van der Waals surface area contributed by atoms with Crippen LogP contribution in [0.5, 0.6) is 0 Å². The fourth-order valence-electron chi connectivity index (χ4n) is 2.60. The zero-order valence-electron chi connectivity index (χ0n) is 12.3. The molecule has 0 fully saturated rings. The fourth-order valence-corrected chi connectivity index (χ4v) is 2.60. The van der Waals surface area contributed by atoms with Crippen LogP contribution in [0.4, 0.5) is 5.69 Å². The number of para-hydroxylation sites is 1. The average Bonchev–Trinajstić information content (AvgIpc) is 2.85. The number of nitrogens with zero attached hydrogens (tertiary/aromatic N) is 2. The molecular formula is C16H19N3O2. The Kier molecular flexibility index (Phi) is 3.75. The topological polar surface area (TPSA) is 56.2 Å². The summed E-state index contributed by atoms with van der Waals surface area (Å²) in [6.45, 7) is 5.51. The van der Waals surface area contributed by atoms with Gasteiger partial charge >= 0.3 is 0 Å². The molecule has 0 radical (unpaired) electrons. The Morgan fingerprint density at radius 1 is 1.38 bits per heavy atom. The third kappa shape index (κ3) is 2.97. The molecule has 5 heteroatoms. The van der Waals surface area contributed by atoms with Crippen LogP contribution in [-0.4, -0.2) is 22.3 Å². The standard InChI is InChI=1S/C16H19N3O2/c1-11-4-3-5-12(2)16(11)17-15(20)9-19-8-13-10-21-7-6-14(13)18-19/h3-5,8H,6-7,9-10H2,1-2H3,(H,17,20). The van der Waals surface area contributed by atoms with Gasteiger partial charge in [0.05, 0.1) is 18.9 Å². The second kappa shape index (κ2) is 5.69. The molecule has 0 aliphatic carbocycles. The van der Waals surface area contributed by atoms with Crippen LogP contribution in [0, 0.1) is 13.8 Å². The molecule has 0 atom stereocenters. The second-order valence-electron chi connectivity index (χ2n) is 5.42. The molecule has 0 saturated carbocycles. The summed E-state index contributed by atoms with van der Waals surface area (Å²) in [6, 6.07) is 5.97.